The molecule has 0 spiro atoms. The van der Waals surface area contributed by atoms with Crippen molar-refractivity contribution >= 4 is 5.91 Å². The van der Waals surface area contributed by atoms with Crippen LogP contribution in [-0.2, 0) is 4.79 Å². The number of methoxy groups -OCH3 is 1. The molecule has 1 N–H and O–H groups in total. The number of amides is 1. The van der Waals surface area contributed by atoms with Gasteiger partial charge in [-0.3, -0.25) is 4.79 Å². The lowest BCUT2D eigenvalue weighted by molar-refractivity contribution is -0.123. The Morgan fingerprint density at radius 2 is 2.28 bits per heavy atom. The van der Waals surface area contributed by atoms with Gasteiger partial charge in [-0.1, -0.05) is 11.2 Å². The number of rotatable bonds is 7. The van der Waals surface area contributed by atoms with Gasteiger partial charge in [-0.2, -0.15) is 0 Å². The number of carbonyl (C=O) groups is 1. The molecule has 1 amide bonds. The second-order valence-electron chi connectivity index (χ2n) is 3.27. The first kappa shape index (κ1) is 13.7. The minimum Gasteiger partial charge on any atom is -0.497 e. The average Bonchev–Trinajstić information content (AvgIpc) is 2.41. The number of azide groups is 1. The van der Waals surface area contributed by atoms with Gasteiger partial charge in [-0.05, 0) is 17.7 Å². The van der Waals surface area contributed by atoms with Crippen LogP contribution in [0.25, 0.3) is 10.4 Å². The molecule has 0 saturated heterocycles. The molecule has 0 fully saturated rings. The number of hydrogen-bond acceptors (Lipinski definition) is 4. The van der Waals surface area contributed by atoms with Crippen LogP contribution in [0.1, 0.15) is 0 Å². The van der Waals surface area contributed by atoms with Gasteiger partial charge in [0.2, 0.25) is 0 Å². The predicted molar refractivity (Wildman–Crippen MR) is 65.5 cm³/mol. The van der Waals surface area contributed by atoms with Gasteiger partial charge in [0, 0.05) is 24.1 Å². The summed E-state index contributed by atoms with van der Waals surface area (Å²) in [7, 11) is 1.56. The Bertz CT molecular complexity index is 444. The molecule has 0 atom stereocenters. The third kappa shape index (κ3) is 5.09. The van der Waals surface area contributed by atoms with Crippen LogP contribution in [0, 0.1) is 0 Å². The summed E-state index contributed by atoms with van der Waals surface area (Å²) in [5, 5.41) is 5.85. The van der Waals surface area contributed by atoms with Crippen molar-refractivity contribution in [2.24, 2.45) is 5.11 Å². The van der Waals surface area contributed by atoms with Crippen molar-refractivity contribution in [2.75, 3.05) is 26.8 Å². The lowest BCUT2D eigenvalue weighted by Gasteiger charge is -2.07. The molecule has 0 aromatic heterocycles. The zero-order valence-corrected chi connectivity index (χ0v) is 10.00. The van der Waals surface area contributed by atoms with Crippen molar-refractivity contribution in [3.63, 3.8) is 0 Å². The predicted octanol–water partition coefficient (Wildman–Crippen LogP) is 1.50. The number of benzene rings is 1. The van der Waals surface area contributed by atoms with Crippen molar-refractivity contribution in [2.45, 2.75) is 0 Å². The lowest BCUT2D eigenvalue weighted by Crippen LogP contribution is -2.30. The summed E-state index contributed by atoms with van der Waals surface area (Å²) in [5.74, 6) is 0.946. The first-order chi connectivity index (χ1) is 8.76. The zero-order valence-electron chi connectivity index (χ0n) is 10.00. The molecule has 18 heavy (non-hydrogen) atoms. The van der Waals surface area contributed by atoms with Gasteiger partial charge in [-0.25, -0.2) is 0 Å². The molecule has 0 aliphatic heterocycles. The maximum Gasteiger partial charge on any atom is 0.257 e. The molecule has 1 aromatic carbocycles. The third-order valence-corrected chi connectivity index (χ3v) is 2.01. The van der Waals surface area contributed by atoms with Crippen LogP contribution in [-0.4, -0.2) is 32.7 Å². The SMILES string of the molecule is COc1cccc(OCC(=O)NCCN=[N+]=[N-])c1. The Hall–Kier alpha value is -2.40. The highest BCUT2D eigenvalue weighted by Crippen LogP contribution is 2.18. The van der Waals surface area contributed by atoms with Crippen LogP contribution in [0.5, 0.6) is 11.5 Å². The largest absolute Gasteiger partial charge is 0.497 e. The fraction of sp³-hybridized carbons (Fsp3) is 0.364. The van der Waals surface area contributed by atoms with Crippen molar-refractivity contribution in [3.8, 4) is 11.5 Å². The van der Waals surface area contributed by atoms with Gasteiger partial charge < -0.3 is 14.8 Å². The highest BCUT2D eigenvalue weighted by atomic mass is 16.5. The van der Waals surface area contributed by atoms with E-state index in [1.54, 1.807) is 31.4 Å². The number of hydrogen-bond donors (Lipinski definition) is 1. The normalized spacial score (nSPS) is 9.17. The van der Waals surface area contributed by atoms with E-state index >= 15 is 0 Å². The summed E-state index contributed by atoms with van der Waals surface area (Å²) in [6.45, 7) is 0.426. The molecular weight excluding hydrogens is 236 g/mol. The molecule has 0 bridgehead atoms. The summed E-state index contributed by atoms with van der Waals surface area (Å²) in [6.07, 6.45) is 0. The monoisotopic (exact) mass is 250 g/mol. The zero-order chi connectivity index (χ0) is 13.2. The maximum absolute atomic E-state index is 11.3. The van der Waals surface area contributed by atoms with E-state index in [0.29, 0.717) is 18.0 Å². The summed E-state index contributed by atoms with van der Waals surface area (Å²) in [4.78, 5) is 13.9. The lowest BCUT2D eigenvalue weighted by atomic mass is 10.3. The third-order valence-electron chi connectivity index (χ3n) is 2.01. The first-order valence-corrected chi connectivity index (χ1v) is 5.30. The van der Waals surface area contributed by atoms with E-state index in [4.69, 9.17) is 15.0 Å². The van der Waals surface area contributed by atoms with E-state index in [9.17, 15) is 4.79 Å². The summed E-state index contributed by atoms with van der Waals surface area (Å²) >= 11 is 0. The minimum atomic E-state index is -0.272. The van der Waals surface area contributed by atoms with E-state index in [0.717, 1.165) is 0 Å². The number of nitrogens with zero attached hydrogens (tertiary/aromatic N) is 3. The average molecular weight is 250 g/mol. The molecule has 7 nitrogen and oxygen atoms in total. The Morgan fingerprint density at radius 3 is 3.00 bits per heavy atom. The quantitative estimate of drug-likeness (QED) is 0.343. The van der Waals surface area contributed by atoms with Crippen LogP contribution < -0.4 is 14.8 Å². The Morgan fingerprint density at radius 1 is 1.50 bits per heavy atom. The fourth-order valence-electron chi connectivity index (χ4n) is 1.18. The smallest absolute Gasteiger partial charge is 0.257 e. The van der Waals surface area contributed by atoms with Crippen molar-refractivity contribution in [1.82, 2.24) is 5.32 Å². The fourth-order valence-corrected chi connectivity index (χ4v) is 1.18. The maximum atomic E-state index is 11.3. The van der Waals surface area contributed by atoms with Gasteiger partial charge in [0.1, 0.15) is 11.5 Å². The van der Waals surface area contributed by atoms with E-state index in [1.807, 2.05) is 0 Å². The highest BCUT2D eigenvalue weighted by Gasteiger charge is 2.02. The topological polar surface area (TPSA) is 96.3 Å². The number of carbonyl (C=O) groups excluding carboxylic acids is 1. The number of nitrogens with one attached hydrogen (secondary N) is 1. The van der Waals surface area contributed by atoms with Crippen LogP contribution in [0.2, 0.25) is 0 Å². The molecule has 7 heteroatoms. The van der Waals surface area contributed by atoms with E-state index < -0.39 is 0 Å². The minimum absolute atomic E-state index is 0.0938. The van der Waals surface area contributed by atoms with Gasteiger partial charge >= 0.3 is 0 Å². The second-order valence-corrected chi connectivity index (χ2v) is 3.27. The van der Waals surface area contributed by atoms with Gasteiger partial charge in [0.25, 0.3) is 5.91 Å². The van der Waals surface area contributed by atoms with Crippen LogP contribution in [0.15, 0.2) is 29.4 Å². The molecule has 0 radical (unpaired) electrons. The molecule has 0 saturated carbocycles. The van der Waals surface area contributed by atoms with Crippen LogP contribution in [0.3, 0.4) is 0 Å². The van der Waals surface area contributed by atoms with Crippen LogP contribution >= 0.6 is 0 Å². The van der Waals surface area contributed by atoms with E-state index in [1.165, 1.54) is 0 Å². The molecule has 1 rings (SSSR count). The van der Waals surface area contributed by atoms with E-state index in [2.05, 4.69) is 15.3 Å². The van der Waals surface area contributed by atoms with Gasteiger partial charge in [-0.15, -0.1) is 0 Å². The first-order valence-electron chi connectivity index (χ1n) is 5.30. The molecule has 96 valence electrons. The molecular formula is C11H14N4O3. The van der Waals surface area contributed by atoms with Gasteiger partial charge in [0.05, 0.1) is 7.11 Å². The summed E-state index contributed by atoms with van der Waals surface area (Å²) in [6, 6.07) is 6.98. The molecule has 0 aliphatic carbocycles. The van der Waals surface area contributed by atoms with Crippen molar-refractivity contribution in [3.05, 3.63) is 34.7 Å². The number of ether oxygens (including phenoxy) is 2. The molecule has 0 heterocycles. The standard InChI is InChI=1S/C11H14N4O3/c1-17-9-3-2-4-10(7-9)18-8-11(16)13-5-6-14-15-12/h2-4,7H,5-6,8H2,1H3,(H,13,16). The van der Waals surface area contributed by atoms with Gasteiger partial charge in [0.15, 0.2) is 6.61 Å². The molecule has 0 aliphatic rings. The highest BCUT2D eigenvalue weighted by molar-refractivity contribution is 5.77. The Labute approximate surface area is 104 Å². The Balaban J connectivity index is 2.30. The second kappa shape index (κ2) is 7.81. The molecule has 0 unspecified atom stereocenters. The summed E-state index contributed by atoms with van der Waals surface area (Å²) in [5.41, 5.74) is 8.04. The molecule has 1 aromatic rings. The van der Waals surface area contributed by atoms with Crippen molar-refractivity contribution < 1.29 is 14.3 Å². The van der Waals surface area contributed by atoms with E-state index in [-0.39, 0.29) is 19.1 Å². The Kier molecular flexibility index (Phi) is 5.93. The van der Waals surface area contributed by atoms with Crippen LogP contribution in [0.4, 0.5) is 0 Å². The summed E-state index contributed by atoms with van der Waals surface area (Å²) < 4.78 is 10.3. The van der Waals surface area contributed by atoms with Crippen molar-refractivity contribution in [1.29, 1.82) is 0 Å².